The second-order valence-electron chi connectivity index (χ2n) is 4.85. The van der Waals surface area contributed by atoms with Crippen LogP contribution in [0.3, 0.4) is 0 Å². The molecule has 0 atom stereocenters. The zero-order valence-electron chi connectivity index (χ0n) is 10.6. The van der Waals surface area contributed by atoms with E-state index in [1.54, 1.807) is 11.3 Å². The van der Waals surface area contributed by atoms with Crippen LogP contribution < -0.4 is 10.6 Å². The lowest BCUT2D eigenvalue weighted by atomic mass is 10.1. The van der Waals surface area contributed by atoms with Crippen LogP contribution >= 0.6 is 11.3 Å². The summed E-state index contributed by atoms with van der Waals surface area (Å²) in [5.41, 5.74) is 10.00. The summed E-state index contributed by atoms with van der Waals surface area (Å²) in [6, 6.07) is 7.91. The van der Waals surface area contributed by atoms with E-state index in [0.29, 0.717) is 13.0 Å². The lowest BCUT2D eigenvalue weighted by molar-refractivity contribution is -0.118. The Bertz CT molecular complexity index is 592. The van der Waals surface area contributed by atoms with Crippen LogP contribution in [-0.4, -0.2) is 5.91 Å². The number of nitrogens with zero attached hydrogens (tertiary/aromatic N) is 1. The zero-order valence-corrected chi connectivity index (χ0v) is 11.5. The SMILES string of the molecule is Nc1ccc2c(c1)CCCC(=O)N2Cc1ccsc1. The molecule has 0 spiro atoms. The molecule has 2 N–H and O–H groups in total. The maximum absolute atomic E-state index is 12.3. The van der Waals surface area contributed by atoms with Crippen molar-refractivity contribution in [1.82, 2.24) is 0 Å². The van der Waals surface area contributed by atoms with Gasteiger partial charge >= 0.3 is 0 Å². The second kappa shape index (κ2) is 5.05. The third-order valence-electron chi connectivity index (χ3n) is 3.45. The number of thiophene rings is 1. The van der Waals surface area contributed by atoms with Gasteiger partial charge in [-0.25, -0.2) is 0 Å². The number of nitrogens with two attached hydrogens (primary N) is 1. The van der Waals surface area contributed by atoms with Gasteiger partial charge in [0.2, 0.25) is 5.91 Å². The molecular weight excluding hydrogens is 256 g/mol. The van der Waals surface area contributed by atoms with E-state index in [0.717, 1.165) is 24.2 Å². The normalized spacial score (nSPS) is 15.2. The van der Waals surface area contributed by atoms with Gasteiger partial charge < -0.3 is 10.6 Å². The van der Waals surface area contributed by atoms with Gasteiger partial charge in [-0.2, -0.15) is 11.3 Å². The fraction of sp³-hybridized carbons (Fsp3) is 0.267. The molecule has 4 heteroatoms. The van der Waals surface area contributed by atoms with Crippen molar-refractivity contribution in [2.75, 3.05) is 10.6 Å². The van der Waals surface area contributed by atoms with Crippen LogP contribution in [0, 0.1) is 0 Å². The largest absolute Gasteiger partial charge is 0.399 e. The maximum atomic E-state index is 12.3. The monoisotopic (exact) mass is 272 g/mol. The highest BCUT2D eigenvalue weighted by atomic mass is 32.1. The molecule has 1 aromatic heterocycles. The van der Waals surface area contributed by atoms with Crippen LogP contribution in [-0.2, 0) is 17.8 Å². The number of benzene rings is 1. The van der Waals surface area contributed by atoms with E-state index < -0.39 is 0 Å². The van der Waals surface area contributed by atoms with E-state index >= 15 is 0 Å². The third-order valence-corrected chi connectivity index (χ3v) is 4.18. The molecule has 0 unspecified atom stereocenters. The Morgan fingerprint density at radius 2 is 2.16 bits per heavy atom. The minimum atomic E-state index is 0.203. The van der Waals surface area contributed by atoms with Crippen molar-refractivity contribution in [3.8, 4) is 0 Å². The molecule has 98 valence electrons. The number of aryl methyl sites for hydroxylation is 1. The molecule has 1 aliphatic heterocycles. The maximum Gasteiger partial charge on any atom is 0.227 e. The molecule has 19 heavy (non-hydrogen) atoms. The van der Waals surface area contributed by atoms with Crippen molar-refractivity contribution >= 4 is 28.6 Å². The first kappa shape index (κ1) is 12.2. The summed E-state index contributed by atoms with van der Waals surface area (Å²) < 4.78 is 0. The van der Waals surface area contributed by atoms with E-state index in [1.165, 1.54) is 11.1 Å². The average molecular weight is 272 g/mol. The van der Waals surface area contributed by atoms with Crippen LogP contribution in [0.4, 0.5) is 11.4 Å². The first-order valence-electron chi connectivity index (χ1n) is 6.44. The summed E-state index contributed by atoms with van der Waals surface area (Å²) in [7, 11) is 0. The van der Waals surface area contributed by atoms with Crippen molar-refractivity contribution in [2.24, 2.45) is 0 Å². The summed E-state index contributed by atoms with van der Waals surface area (Å²) in [4.78, 5) is 14.2. The van der Waals surface area contributed by atoms with Crippen molar-refractivity contribution in [2.45, 2.75) is 25.8 Å². The minimum Gasteiger partial charge on any atom is -0.399 e. The van der Waals surface area contributed by atoms with Crippen molar-refractivity contribution < 1.29 is 4.79 Å². The van der Waals surface area contributed by atoms with Crippen LogP contribution in [0.25, 0.3) is 0 Å². The van der Waals surface area contributed by atoms with Gasteiger partial charge in [0.1, 0.15) is 0 Å². The number of fused-ring (bicyclic) bond motifs is 1. The quantitative estimate of drug-likeness (QED) is 0.853. The van der Waals surface area contributed by atoms with Crippen molar-refractivity contribution in [3.05, 3.63) is 46.2 Å². The molecule has 0 bridgehead atoms. The van der Waals surface area contributed by atoms with E-state index in [4.69, 9.17) is 5.73 Å². The van der Waals surface area contributed by atoms with E-state index in [2.05, 4.69) is 11.4 Å². The molecule has 0 fully saturated rings. The minimum absolute atomic E-state index is 0.203. The summed E-state index contributed by atoms with van der Waals surface area (Å²) >= 11 is 1.66. The molecule has 0 saturated carbocycles. The Morgan fingerprint density at radius 1 is 1.26 bits per heavy atom. The molecule has 1 amide bonds. The zero-order chi connectivity index (χ0) is 13.2. The highest BCUT2D eigenvalue weighted by Crippen LogP contribution is 2.30. The Labute approximate surface area is 116 Å². The van der Waals surface area contributed by atoms with E-state index in [9.17, 15) is 4.79 Å². The molecule has 3 rings (SSSR count). The number of carbonyl (C=O) groups is 1. The molecule has 3 nitrogen and oxygen atoms in total. The van der Waals surface area contributed by atoms with Crippen LogP contribution in [0.2, 0.25) is 0 Å². The molecule has 0 radical (unpaired) electrons. The van der Waals surface area contributed by atoms with Gasteiger partial charge in [-0.1, -0.05) is 0 Å². The molecule has 1 aliphatic rings. The highest BCUT2D eigenvalue weighted by molar-refractivity contribution is 7.07. The average Bonchev–Trinajstić information content (AvgIpc) is 2.84. The molecule has 0 saturated heterocycles. The summed E-state index contributed by atoms with van der Waals surface area (Å²) in [6.07, 6.45) is 2.43. The van der Waals surface area contributed by atoms with Crippen LogP contribution in [0.1, 0.15) is 24.0 Å². The number of rotatable bonds is 2. The number of hydrogen-bond acceptors (Lipinski definition) is 3. The van der Waals surface area contributed by atoms with Gasteiger partial charge in [-0.3, -0.25) is 4.79 Å². The van der Waals surface area contributed by atoms with Gasteiger partial charge in [0.15, 0.2) is 0 Å². The van der Waals surface area contributed by atoms with Crippen molar-refractivity contribution in [3.63, 3.8) is 0 Å². The predicted molar refractivity (Wildman–Crippen MR) is 79.3 cm³/mol. The lowest BCUT2D eigenvalue weighted by Crippen LogP contribution is -2.29. The van der Waals surface area contributed by atoms with Crippen LogP contribution in [0.15, 0.2) is 35.0 Å². The first-order chi connectivity index (χ1) is 9.24. The van der Waals surface area contributed by atoms with Crippen LogP contribution in [0.5, 0.6) is 0 Å². The molecule has 2 heterocycles. The van der Waals surface area contributed by atoms with Gasteiger partial charge in [0, 0.05) is 17.8 Å². The van der Waals surface area contributed by atoms with Gasteiger partial charge in [0.25, 0.3) is 0 Å². The Kier molecular flexibility index (Phi) is 3.25. The lowest BCUT2D eigenvalue weighted by Gasteiger charge is -2.23. The van der Waals surface area contributed by atoms with Gasteiger partial charge in [0.05, 0.1) is 6.54 Å². The first-order valence-corrected chi connectivity index (χ1v) is 7.38. The van der Waals surface area contributed by atoms with E-state index in [1.807, 2.05) is 28.5 Å². The third kappa shape index (κ3) is 2.49. The standard InChI is InChI=1S/C15H16N2OS/c16-13-4-5-14-12(8-13)2-1-3-15(18)17(14)9-11-6-7-19-10-11/h4-8,10H,1-3,9,16H2. The number of amides is 1. The topological polar surface area (TPSA) is 46.3 Å². The molecule has 2 aromatic rings. The molecule has 1 aromatic carbocycles. The Balaban J connectivity index is 1.99. The van der Waals surface area contributed by atoms with Gasteiger partial charge in [-0.15, -0.1) is 0 Å². The molecule has 0 aliphatic carbocycles. The number of hydrogen-bond donors (Lipinski definition) is 1. The number of anilines is 2. The molecular formula is C15H16N2OS. The van der Waals surface area contributed by atoms with Gasteiger partial charge in [-0.05, 0) is 59.0 Å². The summed E-state index contributed by atoms with van der Waals surface area (Å²) in [5.74, 6) is 0.203. The van der Waals surface area contributed by atoms with Crippen molar-refractivity contribution in [1.29, 1.82) is 0 Å². The Hall–Kier alpha value is -1.81. The summed E-state index contributed by atoms with van der Waals surface area (Å²) in [5, 5.41) is 4.14. The second-order valence-corrected chi connectivity index (χ2v) is 5.63. The summed E-state index contributed by atoms with van der Waals surface area (Å²) in [6.45, 7) is 0.652. The fourth-order valence-electron chi connectivity index (χ4n) is 2.51. The smallest absolute Gasteiger partial charge is 0.227 e. The fourth-order valence-corrected chi connectivity index (χ4v) is 3.17. The number of carbonyl (C=O) groups excluding carboxylic acids is 1. The van der Waals surface area contributed by atoms with E-state index in [-0.39, 0.29) is 5.91 Å². The number of nitrogen functional groups attached to an aromatic ring is 1. The predicted octanol–water partition coefficient (Wildman–Crippen LogP) is 3.20. The highest BCUT2D eigenvalue weighted by Gasteiger charge is 2.22. The Morgan fingerprint density at radius 3 is 2.95 bits per heavy atom.